The maximum Gasteiger partial charge on any atom is 0.405 e. The van der Waals surface area contributed by atoms with E-state index in [-0.39, 0.29) is 19.0 Å². The number of benzene rings is 2. The predicted octanol–water partition coefficient (Wildman–Crippen LogP) is 2.10. The number of sulfonamides is 1. The molecule has 2 fully saturated rings. The zero-order valence-electron chi connectivity index (χ0n) is 20.4. The summed E-state index contributed by atoms with van der Waals surface area (Å²) in [5, 5.41) is 0.457. The van der Waals surface area contributed by atoms with E-state index in [1.54, 1.807) is 38.1 Å². The van der Waals surface area contributed by atoms with E-state index in [9.17, 15) is 31.6 Å². The van der Waals surface area contributed by atoms with Gasteiger partial charge in [0.25, 0.3) is 5.91 Å². The highest BCUT2D eigenvalue weighted by atomic mass is 35.5. The Hall–Kier alpha value is -3.29. The van der Waals surface area contributed by atoms with E-state index in [0.717, 1.165) is 15.3 Å². The van der Waals surface area contributed by atoms with Gasteiger partial charge < -0.3 is 20.3 Å². The molecule has 10 nitrogen and oxygen atoms in total. The molecule has 2 aromatic rings. The van der Waals surface area contributed by atoms with E-state index in [0.29, 0.717) is 22.7 Å². The molecule has 3 amide bonds. The molecular weight excluding hydrogens is 546 g/mol. The van der Waals surface area contributed by atoms with Crippen molar-refractivity contribution in [2.24, 2.45) is 5.73 Å². The Bertz CT molecular complexity index is 1370. The average Bonchev–Trinajstić information content (AvgIpc) is 2.84. The Morgan fingerprint density at radius 1 is 1.08 bits per heavy atom. The van der Waals surface area contributed by atoms with Crippen LogP contribution in [0.15, 0.2) is 47.4 Å². The molecule has 2 aromatic carbocycles. The first-order valence-electron chi connectivity index (χ1n) is 11.6. The number of nitrogens with zero attached hydrogens (tertiary/aromatic N) is 3. The van der Waals surface area contributed by atoms with Crippen LogP contribution in [-0.2, 0) is 30.8 Å². The molecule has 204 valence electrons. The van der Waals surface area contributed by atoms with Crippen LogP contribution in [0.4, 0.5) is 13.6 Å². The Balaban J connectivity index is 1.84. The van der Waals surface area contributed by atoms with Crippen LogP contribution >= 0.6 is 11.6 Å². The molecule has 0 aromatic heterocycles. The van der Waals surface area contributed by atoms with E-state index in [1.807, 2.05) is 0 Å². The SMILES string of the molecule is CC(C)N1CC2N(C(=O)C(OC(N)=O)CN2S(=O)(=O)c2ccc(F)c(F)c2)C(Cc2ccc(Cl)cc2)C1=O. The minimum atomic E-state index is -4.59. The molecule has 0 saturated carbocycles. The second-order valence-electron chi connectivity index (χ2n) is 9.23. The first-order chi connectivity index (χ1) is 17.8. The fourth-order valence-electron chi connectivity index (χ4n) is 4.69. The molecule has 0 radical (unpaired) electrons. The number of ether oxygens (including phenoxy) is 1. The quantitative estimate of drug-likeness (QED) is 0.566. The molecule has 2 saturated heterocycles. The van der Waals surface area contributed by atoms with Gasteiger partial charge in [0.2, 0.25) is 15.9 Å². The van der Waals surface area contributed by atoms with Crippen LogP contribution in [0.2, 0.25) is 5.02 Å². The number of amides is 3. The second kappa shape index (κ2) is 10.5. The van der Waals surface area contributed by atoms with Gasteiger partial charge in [0.15, 0.2) is 17.7 Å². The van der Waals surface area contributed by atoms with Crippen molar-refractivity contribution in [3.8, 4) is 0 Å². The van der Waals surface area contributed by atoms with Crippen molar-refractivity contribution in [1.82, 2.24) is 14.1 Å². The fraction of sp³-hybridized carbons (Fsp3) is 0.375. The van der Waals surface area contributed by atoms with E-state index < -0.39 is 69.3 Å². The number of primary amides is 1. The zero-order chi connectivity index (χ0) is 27.9. The van der Waals surface area contributed by atoms with Gasteiger partial charge in [-0.15, -0.1) is 0 Å². The van der Waals surface area contributed by atoms with Crippen molar-refractivity contribution < 1.29 is 36.3 Å². The maximum absolute atomic E-state index is 14.0. The summed E-state index contributed by atoms with van der Waals surface area (Å²) in [5.74, 6) is -3.87. The largest absolute Gasteiger partial charge is 0.435 e. The molecule has 4 rings (SSSR count). The lowest BCUT2D eigenvalue weighted by Gasteiger charge is -2.53. The summed E-state index contributed by atoms with van der Waals surface area (Å²) in [5.41, 5.74) is 5.78. The summed E-state index contributed by atoms with van der Waals surface area (Å²) < 4.78 is 60.8. The van der Waals surface area contributed by atoms with Crippen LogP contribution in [0.25, 0.3) is 0 Å². The summed E-state index contributed by atoms with van der Waals surface area (Å²) in [4.78, 5) is 40.7. The first-order valence-corrected chi connectivity index (χ1v) is 13.4. The number of halogens is 3. The minimum absolute atomic E-state index is 0.00379. The molecule has 2 aliphatic heterocycles. The number of carbonyl (C=O) groups excluding carboxylic acids is 3. The third kappa shape index (κ3) is 5.18. The molecule has 0 spiro atoms. The van der Waals surface area contributed by atoms with E-state index in [1.165, 1.54) is 4.90 Å². The molecule has 0 aliphatic carbocycles. The molecular formula is C24H25ClF2N4O6S. The number of carbonyl (C=O) groups is 3. The third-order valence-electron chi connectivity index (χ3n) is 6.51. The maximum atomic E-state index is 14.0. The molecule has 2 N–H and O–H groups in total. The molecule has 2 heterocycles. The Morgan fingerprint density at radius 2 is 1.74 bits per heavy atom. The van der Waals surface area contributed by atoms with Gasteiger partial charge >= 0.3 is 6.09 Å². The van der Waals surface area contributed by atoms with Gasteiger partial charge in [-0.3, -0.25) is 9.59 Å². The van der Waals surface area contributed by atoms with Crippen molar-refractivity contribution in [3.05, 3.63) is 64.7 Å². The molecule has 14 heteroatoms. The predicted molar refractivity (Wildman–Crippen MR) is 131 cm³/mol. The van der Waals surface area contributed by atoms with Crippen molar-refractivity contribution >= 4 is 39.5 Å². The van der Waals surface area contributed by atoms with E-state index >= 15 is 0 Å². The highest BCUT2D eigenvalue weighted by Gasteiger charge is 2.55. The fourth-order valence-corrected chi connectivity index (χ4v) is 6.39. The number of rotatable bonds is 6. The van der Waals surface area contributed by atoms with Crippen LogP contribution in [0, 0.1) is 11.6 Å². The summed E-state index contributed by atoms with van der Waals surface area (Å²) in [7, 11) is -4.59. The topological polar surface area (TPSA) is 130 Å². The van der Waals surface area contributed by atoms with Gasteiger partial charge in [-0.2, -0.15) is 4.31 Å². The second-order valence-corrected chi connectivity index (χ2v) is 11.6. The molecule has 0 bridgehead atoms. The van der Waals surface area contributed by atoms with E-state index in [4.69, 9.17) is 22.1 Å². The van der Waals surface area contributed by atoms with E-state index in [2.05, 4.69) is 0 Å². The van der Waals surface area contributed by atoms with Gasteiger partial charge in [-0.1, -0.05) is 23.7 Å². The van der Waals surface area contributed by atoms with Crippen LogP contribution in [-0.4, -0.2) is 77.9 Å². The summed E-state index contributed by atoms with van der Waals surface area (Å²) in [6.45, 7) is 2.64. The zero-order valence-corrected chi connectivity index (χ0v) is 22.0. The lowest BCUT2D eigenvalue weighted by atomic mass is 9.97. The van der Waals surface area contributed by atoms with Crippen LogP contribution in [0.5, 0.6) is 0 Å². The van der Waals surface area contributed by atoms with Gasteiger partial charge in [0.05, 0.1) is 18.0 Å². The van der Waals surface area contributed by atoms with Crippen LogP contribution in [0.1, 0.15) is 19.4 Å². The number of piperazine rings is 1. The van der Waals surface area contributed by atoms with Gasteiger partial charge in [-0.25, -0.2) is 22.0 Å². The standard InChI is InChI=1S/C24H25ClF2N4O6S/c1-13(2)29-12-21-30(38(35,36)16-7-8-17(26)18(27)10-16)11-20(37-24(28)34)23(33)31(21)19(22(29)32)9-14-3-5-15(25)6-4-14/h3-8,10,13,19-21H,9,11-12H2,1-2H3,(H2,28,34). The molecule has 3 unspecified atom stereocenters. The van der Waals surface area contributed by atoms with Gasteiger partial charge in [0, 0.05) is 17.5 Å². The molecule has 38 heavy (non-hydrogen) atoms. The highest BCUT2D eigenvalue weighted by Crippen LogP contribution is 2.33. The Morgan fingerprint density at radius 3 is 2.32 bits per heavy atom. The number of hydrogen-bond acceptors (Lipinski definition) is 6. The van der Waals surface area contributed by atoms with Crippen molar-refractivity contribution in [1.29, 1.82) is 0 Å². The average molecular weight is 571 g/mol. The van der Waals surface area contributed by atoms with Crippen LogP contribution in [0.3, 0.4) is 0 Å². The van der Waals surface area contributed by atoms with Gasteiger partial charge in [0.1, 0.15) is 12.2 Å². The monoisotopic (exact) mass is 570 g/mol. The van der Waals surface area contributed by atoms with Crippen molar-refractivity contribution in [3.63, 3.8) is 0 Å². The van der Waals surface area contributed by atoms with Gasteiger partial charge in [-0.05, 0) is 49.7 Å². The number of nitrogens with two attached hydrogens (primary N) is 1. The molecule has 2 aliphatic rings. The smallest absolute Gasteiger partial charge is 0.405 e. The molecule has 3 atom stereocenters. The summed E-state index contributed by atoms with van der Waals surface area (Å²) >= 11 is 5.97. The summed E-state index contributed by atoms with van der Waals surface area (Å²) in [6, 6.07) is 7.10. The van der Waals surface area contributed by atoms with Crippen molar-refractivity contribution in [2.75, 3.05) is 13.1 Å². The Labute approximate surface area is 222 Å². The van der Waals surface area contributed by atoms with Crippen molar-refractivity contribution in [2.45, 2.75) is 49.5 Å². The Kier molecular flexibility index (Phi) is 7.64. The summed E-state index contributed by atoms with van der Waals surface area (Å²) in [6.07, 6.45) is -4.22. The minimum Gasteiger partial charge on any atom is -0.435 e. The lowest BCUT2D eigenvalue weighted by molar-refractivity contribution is -0.174. The first kappa shape index (κ1) is 27.7. The normalized spacial score (nSPS) is 22.5. The number of fused-ring (bicyclic) bond motifs is 1. The lowest BCUT2D eigenvalue weighted by Crippen LogP contribution is -2.75. The van der Waals surface area contributed by atoms with Crippen LogP contribution < -0.4 is 5.73 Å². The number of hydrogen-bond donors (Lipinski definition) is 1. The third-order valence-corrected chi connectivity index (χ3v) is 8.63. The highest BCUT2D eigenvalue weighted by molar-refractivity contribution is 7.89.